The van der Waals surface area contributed by atoms with E-state index in [1.165, 1.54) is 0 Å². The molecular weight excluding hydrogens is 330 g/mol. The van der Waals surface area contributed by atoms with Gasteiger partial charge in [0, 0.05) is 51.5 Å². The molecule has 1 N–H and O–H groups in total. The summed E-state index contributed by atoms with van der Waals surface area (Å²) in [4.78, 5) is 33.6. The molecule has 2 aliphatic heterocycles. The van der Waals surface area contributed by atoms with Crippen LogP contribution >= 0.6 is 0 Å². The average Bonchev–Trinajstić information content (AvgIpc) is 3.26. The van der Waals surface area contributed by atoms with Gasteiger partial charge in [0.2, 0.25) is 11.8 Å². The van der Waals surface area contributed by atoms with Gasteiger partial charge in [-0.1, -0.05) is 18.2 Å². The zero-order valence-corrected chi connectivity index (χ0v) is 15.1. The first kappa shape index (κ1) is 16.8. The second-order valence-electron chi connectivity index (χ2n) is 7.11. The molecule has 4 rings (SSSR count). The maximum Gasteiger partial charge on any atom is 0.246 e. The summed E-state index contributed by atoms with van der Waals surface area (Å²) in [6, 6.07) is 7.76. The Bertz CT molecular complexity index is 846. The molecule has 2 aromatic rings. The molecule has 0 unspecified atom stereocenters. The van der Waals surface area contributed by atoms with Gasteiger partial charge in [-0.25, -0.2) is 4.98 Å². The number of fused-ring (bicyclic) bond motifs is 1. The molecule has 136 valence electrons. The van der Waals surface area contributed by atoms with Crippen molar-refractivity contribution in [2.45, 2.75) is 12.5 Å². The zero-order valence-electron chi connectivity index (χ0n) is 15.1. The van der Waals surface area contributed by atoms with Crippen molar-refractivity contribution in [2.75, 3.05) is 31.6 Å². The van der Waals surface area contributed by atoms with Gasteiger partial charge in [-0.3, -0.25) is 9.59 Å². The van der Waals surface area contributed by atoms with E-state index < -0.39 is 0 Å². The number of aryl methyl sites for hydroxylation is 1. The molecule has 0 spiro atoms. The molecule has 1 fully saturated rings. The van der Waals surface area contributed by atoms with Crippen LogP contribution in [-0.2, 0) is 23.2 Å². The lowest BCUT2D eigenvalue weighted by Crippen LogP contribution is -2.42. The second-order valence-corrected chi connectivity index (χ2v) is 7.11. The SMILES string of the molecule is CN1C(=O)CN(C(=O)[C@@H]2CNC[C@H]2c2cn(C)cn2)Cc2ccccc21. The molecule has 0 radical (unpaired) electrons. The third-order valence-electron chi connectivity index (χ3n) is 5.36. The number of hydrogen-bond donors (Lipinski definition) is 1. The molecule has 1 aromatic heterocycles. The van der Waals surface area contributed by atoms with Crippen molar-refractivity contribution in [2.24, 2.45) is 13.0 Å². The van der Waals surface area contributed by atoms with Crippen molar-refractivity contribution >= 4 is 17.5 Å². The van der Waals surface area contributed by atoms with Gasteiger partial charge in [0.25, 0.3) is 0 Å². The zero-order chi connectivity index (χ0) is 18.3. The molecule has 1 aromatic carbocycles. The van der Waals surface area contributed by atoms with E-state index in [4.69, 9.17) is 0 Å². The highest BCUT2D eigenvalue weighted by Gasteiger charge is 2.39. The number of likely N-dealkylation sites (N-methyl/N-ethyl adjacent to an activating group) is 1. The number of amides is 2. The topological polar surface area (TPSA) is 70.5 Å². The molecule has 0 saturated carbocycles. The summed E-state index contributed by atoms with van der Waals surface area (Å²) >= 11 is 0. The van der Waals surface area contributed by atoms with Crippen molar-refractivity contribution in [1.82, 2.24) is 19.8 Å². The predicted octanol–water partition coefficient (Wildman–Crippen LogP) is 0.728. The Kier molecular flexibility index (Phi) is 4.24. The minimum atomic E-state index is -0.201. The fraction of sp³-hybridized carbons (Fsp3) is 0.421. The number of carbonyl (C=O) groups excluding carboxylic acids is 2. The van der Waals surface area contributed by atoms with Gasteiger partial charge in [0.05, 0.1) is 17.9 Å². The number of aromatic nitrogens is 2. The molecular formula is C19H23N5O2. The van der Waals surface area contributed by atoms with Crippen LogP contribution in [0.2, 0.25) is 0 Å². The summed E-state index contributed by atoms with van der Waals surface area (Å²) < 4.78 is 1.90. The Morgan fingerprint density at radius 1 is 1.19 bits per heavy atom. The second kappa shape index (κ2) is 6.57. The molecule has 1 saturated heterocycles. The number of rotatable bonds is 2. The Morgan fingerprint density at radius 3 is 2.77 bits per heavy atom. The maximum absolute atomic E-state index is 13.3. The van der Waals surface area contributed by atoms with Crippen LogP contribution in [0, 0.1) is 5.92 Å². The summed E-state index contributed by atoms with van der Waals surface area (Å²) in [5.41, 5.74) is 2.79. The maximum atomic E-state index is 13.3. The molecule has 2 atom stereocenters. The van der Waals surface area contributed by atoms with E-state index in [9.17, 15) is 9.59 Å². The highest BCUT2D eigenvalue weighted by molar-refractivity contribution is 5.98. The number of nitrogens with one attached hydrogen (secondary N) is 1. The molecule has 7 heteroatoms. The summed E-state index contributed by atoms with van der Waals surface area (Å²) in [5.74, 6) is -0.212. The summed E-state index contributed by atoms with van der Waals surface area (Å²) in [7, 11) is 3.69. The standard InChI is InChI=1S/C19H23N5O2/c1-22-10-16(21-12-22)14-7-20-8-15(14)19(26)24-9-13-5-3-4-6-17(13)23(2)18(25)11-24/h3-6,10,12,14-15,20H,7-9,11H2,1-2H3/t14-,15-/m1/s1. The quantitative estimate of drug-likeness (QED) is 0.864. The lowest BCUT2D eigenvalue weighted by molar-refractivity contribution is -0.139. The summed E-state index contributed by atoms with van der Waals surface area (Å²) in [6.07, 6.45) is 3.73. The Labute approximate surface area is 152 Å². The summed E-state index contributed by atoms with van der Waals surface area (Å²) in [6.45, 7) is 1.90. The van der Waals surface area contributed by atoms with Crippen LogP contribution in [0.5, 0.6) is 0 Å². The minimum Gasteiger partial charge on any atom is -0.340 e. The highest BCUT2D eigenvalue weighted by Crippen LogP contribution is 2.31. The van der Waals surface area contributed by atoms with E-state index in [-0.39, 0.29) is 30.2 Å². The monoisotopic (exact) mass is 353 g/mol. The minimum absolute atomic E-state index is 0.0177. The largest absolute Gasteiger partial charge is 0.340 e. The van der Waals surface area contributed by atoms with Crippen LogP contribution < -0.4 is 10.2 Å². The van der Waals surface area contributed by atoms with Gasteiger partial charge >= 0.3 is 0 Å². The van der Waals surface area contributed by atoms with E-state index in [0.29, 0.717) is 13.1 Å². The van der Waals surface area contributed by atoms with Crippen molar-refractivity contribution in [3.63, 3.8) is 0 Å². The van der Waals surface area contributed by atoms with Gasteiger partial charge in [-0.15, -0.1) is 0 Å². The van der Waals surface area contributed by atoms with Gasteiger partial charge in [0.15, 0.2) is 0 Å². The number of carbonyl (C=O) groups is 2. The number of hydrogen-bond acceptors (Lipinski definition) is 4. The number of imidazole rings is 1. The molecule has 0 bridgehead atoms. The third-order valence-corrected chi connectivity index (χ3v) is 5.36. The number of anilines is 1. The first-order valence-corrected chi connectivity index (χ1v) is 8.86. The van der Waals surface area contributed by atoms with Gasteiger partial charge in [-0.2, -0.15) is 0 Å². The predicted molar refractivity (Wildman–Crippen MR) is 97.6 cm³/mol. The lowest BCUT2D eigenvalue weighted by Gasteiger charge is -2.25. The Balaban J connectivity index is 1.60. The molecule has 26 heavy (non-hydrogen) atoms. The van der Waals surface area contributed by atoms with E-state index in [1.54, 1.807) is 23.2 Å². The van der Waals surface area contributed by atoms with Crippen LogP contribution in [0.15, 0.2) is 36.8 Å². The normalized spacial score (nSPS) is 23.1. The van der Waals surface area contributed by atoms with Crippen LogP contribution in [0.4, 0.5) is 5.69 Å². The number of nitrogens with zero attached hydrogens (tertiary/aromatic N) is 4. The first-order chi connectivity index (χ1) is 12.5. The van der Waals surface area contributed by atoms with Crippen molar-refractivity contribution < 1.29 is 9.59 Å². The van der Waals surface area contributed by atoms with Crippen LogP contribution in [-0.4, -0.2) is 52.9 Å². The van der Waals surface area contributed by atoms with Crippen LogP contribution in [0.25, 0.3) is 0 Å². The van der Waals surface area contributed by atoms with E-state index >= 15 is 0 Å². The van der Waals surface area contributed by atoms with Gasteiger partial charge in [-0.05, 0) is 11.6 Å². The number of para-hydroxylation sites is 1. The third kappa shape index (κ3) is 2.88. The lowest BCUT2D eigenvalue weighted by atomic mass is 9.92. The first-order valence-electron chi connectivity index (χ1n) is 8.86. The Morgan fingerprint density at radius 2 is 2.00 bits per heavy atom. The Hall–Kier alpha value is -2.67. The number of benzene rings is 1. The van der Waals surface area contributed by atoms with E-state index in [1.807, 2.05) is 42.1 Å². The van der Waals surface area contributed by atoms with Crippen molar-refractivity contribution in [1.29, 1.82) is 0 Å². The van der Waals surface area contributed by atoms with Gasteiger partial charge in [0.1, 0.15) is 6.54 Å². The van der Waals surface area contributed by atoms with E-state index in [0.717, 1.165) is 23.5 Å². The fourth-order valence-corrected chi connectivity index (χ4v) is 3.90. The summed E-state index contributed by atoms with van der Waals surface area (Å²) in [5, 5.41) is 3.31. The van der Waals surface area contributed by atoms with Crippen molar-refractivity contribution in [3.8, 4) is 0 Å². The molecule has 7 nitrogen and oxygen atoms in total. The molecule has 3 heterocycles. The van der Waals surface area contributed by atoms with Crippen LogP contribution in [0.1, 0.15) is 17.2 Å². The smallest absolute Gasteiger partial charge is 0.246 e. The molecule has 2 amide bonds. The average molecular weight is 353 g/mol. The molecule has 2 aliphatic rings. The van der Waals surface area contributed by atoms with Crippen molar-refractivity contribution in [3.05, 3.63) is 48.0 Å². The van der Waals surface area contributed by atoms with Crippen LogP contribution in [0.3, 0.4) is 0 Å². The van der Waals surface area contributed by atoms with Gasteiger partial charge < -0.3 is 19.7 Å². The highest BCUT2D eigenvalue weighted by atomic mass is 16.2. The van der Waals surface area contributed by atoms with E-state index in [2.05, 4.69) is 10.3 Å². The molecule has 0 aliphatic carbocycles. The fourth-order valence-electron chi connectivity index (χ4n) is 3.90.